The summed E-state index contributed by atoms with van der Waals surface area (Å²) in [6.45, 7) is 4.02. The van der Waals surface area contributed by atoms with Gasteiger partial charge in [-0.25, -0.2) is 0 Å². The molecular weight excluding hydrogens is 242 g/mol. The van der Waals surface area contributed by atoms with Crippen LogP contribution in [-0.4, -0.2) is 61.7 Å². The number of aliphatic hydroxyl groups is 1. The maximum atomic E-state index is 10.3. The Morgan fingerprint density at radius 1 is 1.11 bits per heavy atom. The van der Waals surface area contributed by atoms with Crippen molar-refractivity contribution in [1.82, 2.24) is 4.90 Å². The van der Waals surface area contributed by atoms with E-state index in [2.05, 4.69) is 11.8 Å². The third-order valence-electron chi connectivity index (χ3n) is 4.90. The molecule has 19 heavy (non-hydrogen) atoms. The zero-order valence-corrected chi connectivity index (χ0v) is 12.5. The average molecular weight is 271 g/mol. The van der Waals surface area contributed by atoms with E-state index in [-0.39, 0.29) is 18.3 Å². The summed E-state index contributed by atoms with van der Waals surface area (Å²) in [7, 11) is 3.49. The molecule has 0 amide bonds. The van der Waals surface area contributed by atoms with Crippen molar-refractivity contribution in [3.05, 3.63) is 0 Å². The van der Waals surface area contributed by atoms with Crippen molar-refractivity contribution >= 4 is 0 Å². The topological polar surface area (TPSA) is 41.9 Å². The van der Waals surface area contributed by atoms with Gasteiger partial charge >= 0.3 is 0 Å². The maximum absolute atomic E-state index is 10.3. The summed E-state index contributed by atoms with van der Waals surface area (Å²) < 4.78 is 11.0. The Bertz CT molecular complexity index is 262. The second-order valence-corrected chi connectivity index (χ2v) is 6.10. The van der Waals surface area contributed by atoms with Gasteiger partial charge in [0.15, 0.2) is 0 Å². The summed E-state index contributed by atoms with van der Waals surface area (Å²) in [5.74, 6) is 0.779. The third kappa shape index (κ3) is 3.48. The Labute approximate surface area is 117 Å². The number of nitrogens with zero attached hydrogens (tertiary/aromatic N) is 1. The van der Waals surface area contributed by atoms with E-state index in [9.17, 15) is 5.11 Å². The Balaban J connectivity index is 1.95. The third-order valence-corrected chi connectivity index (χ3v) is 4.90. The molecule has 0 aromatic carbocycles. The highest BCUT2D eigenvalue weighted by Crippen LogP contribution is 2.33. The Morgan fingerprint density at radius 3 is 2.26 bits per heavy atom. The van der Waals surface area contributed by atoms with E-state index in [1.165, 1.54) is 19.3 Å². The molecule has 4 nitrogen and oxygen atoms in total. The van der Waals surface area contributed by atoms with E-state index in [4.69, 9.17) is 9.47 Å². The normalized spacial score (nSPS) is 40.7. The fourth-order valence-electron chi connectivity index (χ4n) is 3.77. The summed E-state index contributed by atoms with van der Waals surface area (Å²) in [6, 6.07) is 0.295. The zero-order chi connectivity index (χ0) is 13.8. The minimum atomic E-state index is -0.179. The van der Waals surface area contributed by atoms with Gasteiger partial charge in [0.1, 0.15) is 0 Å². The van der Waals surface area contributed by atoms with E-state index < -0.39 is 0 Å². The number of methoxy groups -OCH3 is 2. The van der Waals surface area contributed by atoms with Crippen LogP contribution in [0.2, 0.25) is 0 Å². The fourth-order valence-corrected chi connectivity index (χ4v) is 3.77. The lowest BCUT2D eigenvalue weighted by Crippen LogP contribution is -2.47. The predicted molar refractivity (Wildman–Crippen MR) is 75.2 cm³/mol. The van der Waals surface area contributed by atoms with Gasteiger partial charge in [0, 0.05) is 33.4 Å². The largest absolute Gasteiger partial charge is 0.391 e. The van der Waals surface area contributed by atoms with E-state index in [1.807, 2.05) is 0 Å². The highest BCUT2D eigenvalue weighted by Gasteiger charge is 2.41. The van der Waals surface area contributed by atoms with E-state index >= 15 is 0 Å². The van der Waals surface area contributed by atoms with Crippen molar-refractivity contribution in [3.8, 4) is 0 Å². The first-order valence-corrected chi connectivity index (χ1v) is 7.67. The molecule has 0 aromatic rings. The Hall–Kier alpha value is -0.160. The molecule has 112 valence electrons. The van der Waals surface area contributed by atoms with Gasteiger partial charge in [0.05, 0.1) is 18.3 Å². The molecule has 1 aliphatic heterocycles. The lowest BCUT2D eigenvalue weighted by Gasteiger charge is -2.38. The van der Waals surface area contributed by atoms with Crippen LogP contribution < -0.4 is 0 Å². The van der Waals surface area contributed by atoms with Crippen LogP contribution in [0, 0.1) is 5.92 Å². The molecule has 1 saturated carbocycles. The molecule has 1 saturated heterocycles. The highest BCUT2D eigenvalue weighted by atomic mass is 16.5. The average Bonchev–Trinajstić information content (AvgIpc) is 2.84. The smallest absolute Gasteiger partial charge is 0.0971 e. The van der Waals surface area contributed by atoms with Gasteiger partial charge in [-0.15, -0.1) is 0 Å². The molecule has 0 aromatic heterocycles. The predicted octanol–water partition coefficient (Wildman–Crippen LogP) is 1.66. The molecule has 2 fully saturated rings. The number of aliphatic hydroxyl groups excluding tert-OH is 1. The first kappa shape index (κ1) is 15.2. The van der Waals surface area contributed by atoms with Gasteiger partial charge in [0.25, 0.3) is 0 Å². The zero-order valence-electron chi connectivity index (χ0n) is 12.5. The monoisotopic (exact) mass is 271 g/mol. The standard InChI is InChI=1S/C15H29NO3/c1-4-5-11-6-7-13(17)12(8-11)16-9-14(18-2)15(10-16)19-3/h11-15,17H,4-10H2,1-3H3. The van der Waals surface area contributed by atoms with Gasteiger partial charge in [-0.1, -0.05) is 19.8 Å². The quantitative estimate of drug-likeness (QED) is 0.826. The van der Waals surface area contributed by atoms with Crippen molar-refractivity contribution in [1.29, 1.82) is 0 Å². The fraction of sp³-hybridized carbons (Fsp3) is 1.00. The molecule has 0 spiro atoms. The lowest BCUT2D eigenvalue weighted by atomic mass is 9.81. The summed E-state index contributed by atoms with van der Waals surface area (Å²) >= 11 is 0. The van der Waals surface area contributed by atoms with E-state index in [0.717, 1.165) is 31.8 Å². The van der Waals surface area contributed by atoms with Crippen LogP contribution in [-0.2, 0) is 9.47 Å². The minimum absolute atomic E-state index is 0.142. The molecule has 1 N–H and O–H groups in total. The molecule has 0 radical (unpaired) electrons. The SMILES string of the molecule is CCCC1CCC(O)C(N2CC(OC)C(OC)C2)C1. The second kappa shape index (κ2) is 7.02. The Kier molecular flexibility index (Phi) is 5.63. The molecule has 0 bridgehead atoms. The van der Waals surface area contributed by atoms with Crippen molar-refractivity contribution in [3.63, 3.8) is 0 Å². The summed E-state index contributed by atoms with van der Waals surface area (Å²) in [5.41, 5.74) is 0. The number of rotatable bonds is 5. The van der Waals surface area contributed by atoms with E-state index in [1.54, 1.807) is 14.2 Å². The van der Waals surface area contributed by atoms with Crippen molar-refractivity contribution < 1.29 is 14.6 Å². The van der Waals surface area contributed by atoms with E-state index in [0.29, 0.717) is 6.04 Å². The molecule has 5 atom stereocenters. The van der Waals surface area contributed by atoms with Crippen LogP contribution in [0.25, 0.3) is 0 Å². The van der Waals surface area contributed by atoms with Gasteiger partial charge in [0.2, 0.25) is 0 Å². The maximum Gasteiger partial charge on any atom is 0.0971 e. The molecule has 2 rings (SSSR count). The highest BCUT2D eigenvalue weighted by molar-refractivity contribution is 4.94. The summed E-state index contributed by atoms with van der Waals surface area (Å²) in [5, 5.41) is 10.3. The van der Waals surface area contributed by atoms with Gasteiger partial charge in [-0.05, 0) is 25.2 Å². The molecular formula is C15H29NO3. The van der Waals surface area contributed by atoms with Gasteiger partial charge in [-0.2, -0.15) is 0 Å². The minimum Gasteiger partial charge on any atom is -0.391 e. The number of hydrogen-bond donors (Lipinski definition) is 1. The van der Waals surface area contributed by atoms with Crippen molar-refractivity contribution in [2.75, 3.05) is 27.3 Å². The van der Waals surface area contributed by atoms with Gasteiger partial charge < -0.3 is 14.6 Å². The molecule has 5 unspecified atom stereocenters. The Morgan fingerprint density at radius 2 is 1.74 bits per heavy atom. The molecule has 1 aliphatic carbocycles. The summed E-state index contributed by atoms with van der Waals surface area (Å²) in [4.78, 5) is 2.38. The van der Waals surface area contributed by atoms with Gasteiger partial charge in [-0.3, -0.25) is 4.90 Å². The number of likely N-dealkylation sites (tertiary alicyclic amines) is 1. The molecule has 4 heteroatoms. The van der Waals surface area contributed by atoms with Crippen molar-refractivity contribution in [2.24, 2.45) is 5.92 Å². The van der Waals surface area contributed by atoms with Crippen LogP contribution >= 0.6 is 0 Å². The van der Waals surface area contributed by atoms with Crippen LogP contribution in [0.4, 0.5) is 0 Å². The van der Waals surface area contributed by atoms with Crippen LogP contribution in [0.3, 0.4) is 0 Å². The van der Waals surface area contributed by atoms with Crippen LogP contribution in [0.1, 0.15) is 39.0 Å². The van der Waals surface area contributed by atoms with Crippen LogP contribution in [0.5, 0.6) is 0 Å². The molecule has 2 aliphatic rings. The number of hydrogen-bond acceptors (Lipinski definition) is 4. The second-order valence-electron chi connectivity index (χ2n) is 6.10. The lowest BCUT2D eigenvalue weighted by molar-refractivity contribution is -0.00461. The number of ether oxygens (including phenoxy) is 2. The first-order chi connectivity index (χ1) is 9.19. The molecule has 1 heterocycles. The summed E-state index contributed by atoms with van der Waals surface area (Å²) in [6.07, 6.45) is 5.89. The first-order valence-electron chi connectivity index (χ1n) is 7.67. The van der Waals surface area contributed by atoms with Crippen LogP contribution in [0.15, 0.2) is 0 Å². The van der Waals surface area contributed by atoms with Crippen molar-refractivity contribution in [2.45, 2.75) is 63.4 Å².